The molecule has 1 saturated heterocycles. The highest BCUT2D eigenvalue weighted by Crippen LogP contribution is 2.21. The molecule has 1 heterocycles. The van der Waals surface area contributed by atoms with Gasteiger partial charge in [0.15, 0.2) is 9.84 Å². The van der Waals surface area contributed by atoms with Crippen LogP contribution in [0.4, 0.5) is 5.69 Å². The average Bonchev–Trinajstić information content (AvgIpc) is 2.92. The molecule has 0 aromatic heterocycles. The van der Waals surface area contributed by atoms with Gasteiger partial charge < -0.3 is 10.2 Å². The molecule has 1 unspecified atom stereocenters. The summed E-state index contributed by atoms with van der Waals surface area (Å²) in [6.45, 7) is 6.26. The summed E-state index contributed by atoms with van der Waals surface area (Å²) in [5.74, 6) is -0.275. The van der Waals surface area contributed by atoms with Crippen LogP contribution in [0, 0.1) is 25.2 Å². The van der Waals surface area contributed by atoms with Crippen LogP contribution in [-0.2, 0) is 14.6 Å². The zero-order chi connectivity index (χ0) is 18.6. The van der Waals surface area contributed by atoms with Crippen LogP contribution in [-0.4, -0.2) is 43.3 Å². The van der Waals surface area contributed by atoms with Crippen LogP contribution in [0.15, 0.2) is 30.0 Å². The number of aryl methyl sites for hydroxylation is 1. The summed E-state index contributed by atoms with van der Waals surface area (Å²) in [6, 6.07) is 7.32. The number of hydrogen-bond donors (Lipinski definition) is 1. The van der Waals surface area contributed by atoms with Crippen molar-refractivity contribution in [1.29, 1.82) is 5.26 Å². The lowest BCUT2D eigenvalue weighted by atomic mass is 10.1. The lowest BCUT2D eigenvalue weighted by molar-refractivity contribution is -0.112. The van der Waals surface area contributed by atoms with Gasteiger partial charge in [-0.2, -0.15) is 5.26 Å². The first-order valence-electron chi connectivity index (χ1n) is 8.23. The molecule has 0 radical (unpaired) electrons. The number of nitriles is 1. The Labute approximate surface area is 149 Å². The molecule has 6 nitrogen and oxygen atoms in total. The minimum absolute atomic E-state index is 0.0351. The number of sulfone groups is 1. The minimum Gasteiger partial charge on any atom is -0.372 e. The second-order valence-corrected chi connectivity index (χ2v) is 8.47. The average molecular weight is 361 g/mol. The van der Waals surface area contributed by atoms with Crippen molar-refractivity contribution in [3.8, 4) is 6.07 Å². The van der Waals surface area contributed by atoms with E-state index in [2.05, 4.69) is 5.32 Å². The molecule has 0 aliphatic carbocycles. The molecule has 134 valence electrons. The Hall–Kier alpha value is -2.33. The monoisotopic (exact) mass is 361 g/mol. The number of rotatable bonds is 5. The van der Waals surface area contributed by atoms with E-state index in [1.165, 1.54) is 6.20 Å². The normalized spacial score (nSPS) is 19.3. The molecule has 1 aromatic carbocycles. The maximum Gasteiger partial charge on any atom is 0.267 e. The van der Waals surface area contributed by atoms with Gasteiger partial charge in [0, 0.05) is 24.5 Å². The third-order valence-corrected chi connectivity index (χ3v) is 6.31. The zero-order valence-corrected chi connectivity index (χ0v) is 15.6. The molecule has 0 spiro atoms. The van der Waals surface area contributed by atoms with Crippen LogP contribution < -0.4 is 5.32 Å². The van der Waals surface area contributed by atoms with Crippen molar-refractivity contribution < 1.29 is 13.2 Å². The number of carbonyl (C=O) groups is 1. The Morgan fingerprint density at radius 2 is 2.16 bits per heavy atom. The van der Waals surface area contributed by atoms with Crippen molar-refractivity contribution in [3.63, 3.8) is 0 Å². The van der Waals surface area contributed by atoms with Gasteiger partial charge in [0.2, 0.25) is 0 Å². The number of benzene rings is 1. The van der Waals surface area contributed by atoms with E-state index < -0.39 is 15.7 Å². The van der Waals surface area contributed by atoms with Crippen molar-refractivity contribution >= 4 is 21.4 Å². The van der Waals surface area contributed by atoms with E-state index in [1.54, 1.807) is 11.0 Å². The molecule has 1 aliphatic heterocycles. The van der Waals surface area contributed by atoms with Gasteiger partial charge >= 0.3 is 0 Å². The molecule has 2 rings (SSSR count). The topological polar surface area (TPSA) is 90.3 Å². The van der Waals surface area contributed by atoms with Gasteiger partial charge in [-0.05, 0) is 44.4 Å². The molecular weight excluding hydrogens is 338 g/mol. The van der Waals surface area contributed by atoms with E-state index in [0.717, 1.165) is 11.1 Å². The third-order valence-electron chi connectivity index (χ3n) is 4.56. The fraction of sp³-hybridized carbons (Fsp3) is 0.444. The molecule has 1 aromatic rings. The molecular formula is C18H23N3O3S. The molecule has 1 amide bonds. The maximum absolute atomic E-state index is 12.5. The molecule has 0 saturated carbocycles. The molecule has 25 heavy (non-hydrogen) atoms. The van der Waals surface area contributed by atoms with Crippen molar-refractivity contribution in [2.75, 3.05) is 23.4 Å². The zero-order valence-electron chi connectivity index (χ0n) is 14.7. The van der Waals surface area contributed by atoms with Gasteiger partial charge in [0.05, 0.1) is 11.5 Å². The SMILES string of the molecule is CCN(/C=C(/C#N)C(=O)Nc1cccc(C)c1C)C1CCS(=O)(=O)C1. The lowest BCUT2D eigenvalue weighted by Crippen LogP contribution is -2.32. The van der Waals surface area contributed by atoms with E-state index in [-0.39, 0.29) is 23.1 Å². The number of carbonyl (C=O) groups excluding carboxylic acids is 1. The molecule has 0 bridgehead atoms. The van der Waals surface area contributed by atoms with Crippen LogP contribution in [0.25, 0.3) is 0 Å². The minimum atomic E-state index is -3.03. The van der Waals surface area contributed by atoms with Crippen LogP contribution in [0.5, 0.6) is 0 Å². The highest BCUT2D eigenvalue weighted by atomic mass is 32.2. The van der Waals surface area contributed by atoms with Gasteiger partial charge in [0.1, 0.15) is 11.6 Å². The van der Waals surface area contributed by atoms with E-state index in [9.17, 15) is 18.5 Å². The summed E-state index contributed by atoms with van der Waals surface area (Å²) in [6.07, 6.45) is 2.00. The smallest absolute Gasteiger partial charge is 0.267 e. The van der Waals surface area contributed by atoms with Crippen LogP contribution in [0.1, 0.15) is 24.5 Å². The lowest BCUT2D eigenvalue weighted by Gasteiger charge is -2.25. The highest BCUT2D eigenvalue weighted by molar-refractivity contribution is 7.91. The van der Waals surface area contributed by atoms with E-state index in [0.29, 0.717) is 18.7 Å². The fourth-order valence-corrected chi connectivity index (χ4v) is 4.61. The van der Waals surface area contributed by atoms with Gasteiger partial charge in [-0.25, -0.2) is 8.42 Å². The Morgan fingerprint density at radius 1 is 1.44 bits per heavy atom. The number of nitrogens with one attached hydrogen (secondary N) is 1. The van der Waals surface area contributed by atoms with Gasteiger partial charge in [0.25, 0.3) is 5.91 Å². The van der Waals surface area contributed by atoms with E-state index >= 15 is 0 Å². The second-order valence-electron chi connectivity index (χ2n) is 6.24. The summed E-state index contributed by atoms with van der Waals surface area (Å²) in [5.41, 5.74) is 2.62. The first-order chi connectivity index (χ1) is 11.8. The van der Waals surface area contributed by atoms with Crippen LogP contribution >= 0.6 is 0 Å². The summed E-state index contributed by atoms with van der Waals surface area (Å²) < 4.78 is 23.3. The predicted octanol–water partition coefficient (Wildman–Crippen LogP) is 2.16. The number of nitrogens with zero attached hydrogens (tertiary/aromatic N) is 2. The summed E-state index contributed by atoms with van der Waals surface area (Å²) >= 11 is 0. The molecule has 7 heteroatoms. The van der Waals surface area contributed by atoms with Gasteiger partial charge in [-0.1, -0.05) is 12.1 Å². The fourth-order valence-electron chi connectivity index (χ4n) is 2.87. The Morgan fingerprint density at radius 3 is 2.72 bits per heavy atom. The molecule has 1 N–H and O–H groups in total. The Kier molecular flexibility index (Phi) is 5.85. The second kappa shape index (κ2) is 7.70. The first-order valence-corrected chi connectivity index (χ1v) is 10.0. The van der Waals surface area contributed by atoms with Crippen molar-refractivity contribution in [2.24, 2.45) is 0 Å². The summed E-state index contributed by atoms with van der Waals surface area (Å²) in [5, 5.41) is 12.1. The molecule has 1 atom stereocenters. The van der Waals surface area contributed by atoms with Gasteiger partial charge in [-0.3, -0.25) is 4.79 Å². The maximum atomic E-state index is 12.5. The summed E-state index contributed by atoms with van der Waals surface area (Å²) in [4.78, 5) is 14.2. The molecule has 1 aliphatic rings. The number of hydrogen-bond acceptors (Lipinski definition) is 5. The predicted molar refractivity (Wildman–Crippen MR) is 97.7 cm³/mol. The number of amides is 1. The van der Waals surface area contributed by atoms with E-state index in [4.69, 9.17) is 0 Å². The van der Waals surface area contributed by atoms with Gasteiger partial charge in [-0.15, -0.1) is 0 Å². The largest absolute Gasteiger partial charge is 0.372 e. The number of anilines is 1. The van der Waals surface area contributed by atoms with Crippen LogP contribution in [0.3, 0.4) is 0 Å². The highest BCUT2D eigenvalue weighted by Gasteiger charge is 2.31. The van der Waals surface area contributed by atoms with Crippen LogP contribution in [0.2, 0.25) is 0 Å². The van der Waals surface area contributed by atoms with Crippen molar-refractivity contribution in [1.82, 2.24) is 4.90 Å². The first kappa shape index (κ1) is 19.0. The van der Waals surface area contributed by atoms with E-state index in [1.807, 2.05) is 39.0 Å². The summed E-state index contributed by atoms with van der Waals surface area (Å²) in [7, 11) is -3.03. The third kappa shape index (κ3) is 4.60. The standard InChI is InChI=1S/C18H23N3O3S/c1-4-21(16-8-9-25(23,24)12-16)11-15(10-19)18(22)20-17-7-5-6-13(2)14(17)3/h5-7,11,16H,4,8-9,12H2,1-3H3,(H,20,22)/b15-11-. The van der Waals surface area contributed by atoms with Crippen molar-refractivity contribution in [3.05, 3.63) is 41.1 Å². The Bertz CT molecular complexity index is 838. The quantitative estimate of drug-likeness (QED) is 0.641. The molecule has 1 fully saturated rings. The Balaban J connectivity index is 2.19. The van der Waals surface area contributed by atoms with Crippen molar-refractivity contribution in [2.45, 2.75) is 33.2 Å².